The van der Waals surface area contributed by atoms with Gasteiger partial charge >= 0.3 is 0 Å². The number of anilines is 1. The Balaban J connectivity index is 2.02. The molecule has 2 aromatic rings. The Bertz CT molecular complexity index is 770. The first-order valence-electron chi connectivity index (χ1n) is 8.14. The molecule has 6 nitrogen and oxygen atoms in total. The van der Waals surface area contributed by atoms with Crippen LogP contribution in [0.25, 0.3) is 0 Å². The van der Waals surface area contributed by atoms with Crippen LogP contribution in [0.3, 0.4) is 0 Å². The van der Waals surface area contributed by atoms with E-state index in [1.165, 1.54) is 6.20 Å². The number of nitrogens with one attached hydrogen (secondary N) is 1. The molecule has 2 rings (SSSR count). The lowest BCUT2D eigenvalue weighted by Crippen LogP contribution is -2.19. The normalized spacial score (nSPS) is 11.8. The Hall–Kier alpha value is -2.12. The van der Waals surface area contributed by atoms with Crippen LogP contribution in [0.4, 0.5) is 5.69 Å². The summed E-state index contributed by atoms with van der Waals surface area (Å²) in [4.78, 5) is 6.36. The second-order valence-electron chi connectivity index (χ2n) is 6.37. The molecule has 0 bridgehead atoms. The minimum Gasteiger partial charge on any atom is -0.476 e. The molecular formula is C18H25N3O3S. The van der Waals surface area contributed by atoms with Gasteiger partial charge < -0.3 is 9.64 Å². The minimum absolute atomic E-state index is 0.225. The highest BCUT2D eigenvalue weighted by molar-refractivity contribution is 7.92. The Labute approximate surface area is 149 Å². The summed E-state index contributed by atoms with van der Waals surface area (Å²) in [5.74, 6) is 0.819. The van der Waals surface area contributed by atoms with Gasteiger partial charge in [-0.25, -0.2) is 13.4 Å². The molecule has 25 heavy (non-hydrogen) atoms. The highest BCUT2D eigenvalue weighted by atomic mass is 32.2. The van der Waals surface area contributed by atoms with Gasteiger partial charge in [-0.3, -0.25) is 4.72 Å². The third kappa shape index (κ3) is 5.72. The van der Waals surface area contributed by atoms with Crippen molar-refractivity contribution in [2.24, 2.45) is 0 Å². The van der Waals surface area contributed by atoms with Crippen molar-refractivity contribution in [2.45, 2.75) is 24.7 Å². The van der Waals surface area contributed by atoms with Gasteiger partial charge in [-0.15, -0.1) is 0 Å². The molecular weight excluding hydrogens is 338 g/mol. The fourth-order valence-corrected chi connectivity index (χ4v) is 3.15. The number of nitrogens with zero attached hydrogens (tertiary/aromatic N) is 2. The first-order valence-corrected chi connectivity index (χ1v) is 9.62. The zero-order chi connectivity index (χ0) is 18.4. The van der Waals surface area contributed by atoms with Gasteiger partial charge in [-0.2, -0.15) is 0 Å². The van der Waals surface area contributed by atoms with Gasteiger partial charge in [0.25, 0.3) is 10.0 Å². The van der Waals surface area contributed by atoms with Gasteiger partial charge in [0.05, 0.1) is 16.8 Å². The van der Waals surface area contributed by atoms with Crippen LogP contribution in [-0.4, -0.2) is 45.5 Å². The van der Waals surface area contributed by atoms with E-state index >= 15 is 0 Å². The fraction of sp³-hybridized carbons (Fsp3) is 0.389. The van der Waals surface area contributed by atoms with E-state index in [9.17, 15) is 8.42 Å². The first-order chi connectivity index (χ1) is 11.8. The van der Waals surface area contributed by atoms with Crippen molar-refractivity contribution in [3.63, 3.8) is 0 Å². The molecule has 0 saturated carbocycles. The lowest BCUT2D eigenvalue weighted by Gasteiger charge is -2.12. The van der Waals surface area contributed by atoms with Crippen LogP contribution in [0, 0.1) is 0 Å². The van der Waals surface area contributed by atoms with Gasteiger partial charge in [-0.1, -0.05) is 26.0 Å². The van der Waals surface area contributed by atoms with E-state index in [4.69, 9.17) is 4.74 Å². The zero-order valence-electron chi connectivity index (χ0n) is 15.1. The molecule has 0 saturated heterocycles. The first kappa shape index (κ1) is 19.2. The largest absolute Gasteiger partial charge is 0.476 e. The summed E-state index contributed by atoms with van der Waals surface area (Å²) in [6.07, 6.45) is 1.45. The number of rotatable bonds is 8. The number of benzene rings is 1. The van der Waals surface area contributed by atoms with Crippen LogP contribution in [-0.2, 0) is 10.0 Å². The lowest BCUT2D eigenvalue weighted by molar-refractivity contribution is 0.254. The summed E-state index contributed by atoms with van der Waals surface area (Å²) in [6, 6.07) is 10.2. The van der Waals surface area contributed by atoms with Crippen molar-refractivity contribution in [1.82, 2.24) is 9.88 Å². The van der Waals surface area contributed by atoms with E-state index in [0.717, 1.165) is 12.1 Å². The van der Waals surface area contributed by atoms with Crippen molar-refractivity contribution in [2.75, 3.05) is 32.0 Å². The van der Waals surface area contributed by atoms with Crippen LogP contribution in [0.15, 0.2) is 47.5 Å². The third-order valence-electron chi connectivity index (χ3n) is 3.63. The van der Waals surface area contributed by atoms with Gasteiger partial charge in [0.2, 0.25) is 5.88 Å². The Morgan fingerprint density at radius 2 is 1.80 bits per heavy atom. The summed E-state index contributed by atoms with van der Waals surface area (Å²) < 4.78 is 32.9. The maximum atomic E-state index is 12.4. The molecule has 136 valence electrons. The van der Waals surface area contributed by atoms with Gasteiger partial charge in [-0.05, 0) is 43.8 Å². The predicted octanol–water partition coefficient (Wildman–Crippen LogP) is 2.95. The summed E-state index contributed by atoms with van der Waals surface area (Å²) in [5.41, 5.74) is 1.49. The van der Waals surface area contributed by atoms with Crippen LogP contribution in [0.1, 0.15) is 25.3 Å². The summed E-state index contributed by atoms with van der Waals surface area (Å²) in [5, 5.41) is 0. The van der Waals surface area contributed by atoms with Crippen molar-refractivity contribution in [1.29, 1.82) is 0 Å². The molecule has 1 heterocycles. The van der Waals surface area contributed by atoms with Gasteiger partial charge in [0.1, 0.15) is 6.61 Å². The quantitative estimate of drug-likeness (QED) is 0.781. The van der Waals surface area contributed by atoms with E-state index in [2.05, 4.69) is 23.6 Å². The number of aromatic nitrogens is 1. The van der Waals surface area contributed by atoms with Gasteiger partial charge in [0, 0.05) is 12.6 Å². The highest BCUT2D eigenvalue weighted by Crippen LogP contribution is 2.20. The topological polar surface area (TPSA) is 71.5 Å². The lowest BCUT2D eigenvalue weighted by atomic mass is 10.0. The molecule has 1 aromatic heterocycles. The molecule has 1 N–H and O–H groups in total. The molecule has 0 unspecified atom stereocenters. The minimum atomic E-state index is -3.63. The Kier molecular flexibility index (Phi) is 6.39. The van der Waals surface area contributed by atoms with Crippen LogP contribution in [0.5, 0.6) is 5.88 Å². The Morgan fingerprint density at radius 3 is 2.32 bits per heavy atom. The van der Waals surface area contributed by atoms with E-state index in [0.29, 0.717) is 24.1 Å². The van der Waals surface area contributed by atoms with E-state index < -0.39 is 10.0 Å². The summed E-state index contributed by atoms with van der Waals surface area (Å²) in [7, 11) is 0.287. The van der Waals surface area contributed by atoms with E-state index in [1.54, 1.807) is 24.3 Å². The molecule has 0 aliphatic rings. The molecule has 0 aliphatic carbocycles. The van der Waals surface area contributed by atoms with Crippen molar-refractivity contribution < 1.29 is 13.2 Å². The smallest absolute Gasteiger partial charge is 0.261 e. The maximum absolute atomic E-state index is 12.4. The maximum Gasteiger partial charge on any atom is 0.261 e. The number of ether oxygens (including phenoxy) is 1. The van der Waals surface area contributed by atoms with Crippen molar-refractivity contribution >= 4 is 15.7 Å². The average Bonchev–Trinajstić information content (AvgIpc) is 2.56. The van der Waals surface area contributed by atoms with Crippen molar-refractivity contribution in [3.8, 4) is 5.88 Å². The van der Waals surface area contributed by atoms with Crippen molar-refractivity contribution in [3.05, 3.63) is 48.2 Å². The molecule has 0 spiro atoms. The summed E-state index contributed by atoms with van der Waals surface area (Å²) in [6.45, 7) is 5.43. The summed E-state index contributed by atoms with van der Waals surface area (Å²) >= 11 is 0. The average molecular weight is 363 g/mol. The second kappa shape index (κ2) is 8.31. The third-order valence-corrected chi connectivity index (χ3v) is 5.03. The van der Waals surface area contributed by atoms with Gasteiger partial charge in [0.15, 0.2) is 0 Å². The number of sulfonamides is 1. The number of pyridine rings is 1. The Morgan fingerprint density at radius 1 is 1.12 bits per heavy atom. The molecule has 0 radical (unpaired) electrons. The standard InChI is InChI=1S/C18H25N3O3S/c1-14(2)15-5-8-17(9-6-15)25(22,23)20-16-7-10-18(19-13-16)24-12-11-21(3)4/h5-10,13-14,20H,11-12H2,1-4H3. The molecule has 1 aromatic carbocycles. The second-order valence-corrected chi connectivity index (χ2v) is 8.05. The zero-order valence-corrected chi connectivity index (χ0v) is 15.9. The molecule has 0 aliphatic heterocycles. The molecule has 7 heteroatoms. The predicted molar refractivity (Wildman–Crippen MR) is 99.6 cm³/mol. The van der Waals surface area contributed by atoms with E-state index in [-0.39, 0.29) is 4.90 Å². The van der Waals surface area contributed by atoms with Crippen LogP contribution >= 0.6 is 0 Å². The van der Waals surface area contributed by atoms with E-state index in [1.807, 2.05) is 31.1 Å². The molecule has 0 fully saturated rings. The fourth-order valence-electron chi connectivity index (χ4n) is 2.10. The monoisotopic (exact) mass is 363 g/mol. The number of hydrogen-bond acceptors (Lipinski definition) is 5. The van der Waals surface area contributed by atoms with Crippen LogP contribution in [0.2, 0.25) is 0 Å². The number of likely N-dealkylation sites (N-methyl/N-ethyl adjacent to an activating group) is 1. The molecule has 0 atom stereocenters. The number of hydrogen-bond donors (Lipinski definition) is 1. The highest BCUT2D eigenvalue weighted by Gasteiger charge is 2.14. The van der Waals surface area contributed by atoms with Crippen LogP contribution < -0.4 is 9.46 Å². The SMILES string of the molecule is CC(C)c1ccc(S(=O)(=O)Nc2ccc(OCCN(C)C)nc2)cc1. The molecule has 0 amide bonds.